The molecule has 0 atom stereocenters. The molecule has 0 aliphatic carbocycles. The average Bonchev–Trinajstić information content (AvgIpc) is 2.72. The lowest BCUT2D eigenvalue weighted by atomic mass is 10.1. The zero-order valence-electron chi connectivity index (χ0n) is 11.1. The van der Waals surface area contributed by atoms with E-state index in [2.05, 4.69) is 4.99 Å². The summed E-state index contributed by atoms with van der Waals surface area (Å²) in [4.78, 5) is 27.8. The first-order valence-electron chi connectivity index (χ1n) is 5.85. The van der Waals surface area contributed by atoms with Gasteiger partial charge in [-0.25, -0.2) is 4.79 Å². The van der Waals surface area contributed by atoms with Crippen LogP contribution in [0.3, 0.4) is 0 Å². The quantitative estimate of drug-likeness (QED) is 0.843. The van der Waals surface area contributed by atoms with E-state index in [1.54, 1.807) is 0 Å². The van der Waals surface area contributed by atoms with E-state index in [9.17, 15) is 22.8 Å². The van der Waals surface area contributed by atoms with Crippen molar-refractivity contribution in [3.8, 4) is 0 Å². The molecule has 22 heavy (non-hydrogen) atoms. The van der Waals surface area contributed by atoms with E-state index in [1.165, 1.54) is 13.1 Å². The number of amides is 3. The van der Waals surface area contributed by atoms with Crippen LogP contribution in [0, 0.1) is 0 Å². The Kier molecular flexibility index (Phi) is 4.66. The number of alkyl halides is 3. The summed E-state index contributed by atoms with van der Waals surface area (Å²) in [6.45, 7) is 0. The number of benzene rings is 1. The molecule has 1 heterocycles. The number of carbonyl (C=O) groups is 2. The number of halogens is 4. The van der Waals surface area contributed by atoms with Crippen LogP contribution >= 0.6 is 23.4 Å². The Morgan fingerprint density at radius 1 is 1.45 bits per heavy atom. The summed E-state index contributed by atoms with van der Waals surface area (Å²) in [6.07, 6.45) is -4.67. The number of hydrogen-bond donors (Lipinski definition) is 1. The van der Waals surface area contributed by atoms with Gasteiger partial charge in [-0.3, -0.25) is 9.69 Å². The summed E-state index contributed by atoms with van der Waals surface area (Å²) in [5.74, 6) is -0.118. The number of hydrogen-bond acceptors (Lipinski definition) is 3. The van der Waals surface area contributed by atoms with Gasteiger partial charge in [0.05, 0.1) is 22.0 Å². The van der Waals surface area contributed by atoms with E-state index in [0.29, 0.717) is 0 Å². The predicted molar refractivity (Wildman–Crippen MR) is 78.1 cm³/mol. The Hall–Kier alpha value is -1.74. The minimum absolute atomic E-state index is 0.114. The minimum atomic E-state index is -4.67. The minimum Gasteiger partial charge on any atom is -0.304 e. The fourth-order valence-corrected chi connectivity index (χ4v) is 2.75. The maximum Gasteiger partial charge on any atom is 0.418 e. The molecule has 3 amide bonds. The summed E-state index contributed by atoms with van der Waals surface area (Å²) in [5.41, 5.74) is -1.64. The maximum atomic E-state index is 12.9. The van der Waals surface area contributed by atoms with Crippen LogP contribution in [0.5, 0.6) is 0 Å². The highest BCUT2D eigenvalue weighted by Crippen LogP contribution is 2.38. The first kappa shape index (κ1) is 16.6. The van der Waals surface area contributed by atoms with Crippen LogP contribution in [0.25, 0.3) is 0 Å². The molecule has 0 unspecified atom stereocenters. The van der Waals surface area contributed by atoms with Crippen LogP contribution in [-0.2, 0) is 11.0 Å². The van der Waals surface area contributed by atoms with Crippen LogP contribution in [-0.4, -0.2) is 34.8 Å². The molecule has 1 aromatic carbocycles. The van der Waals surface area contributed by atoms with Crippen molar-refractivity contribution in [2.75, 3.05) is 18.1 Å². The van der Waals surface area contributed by atoms with Crippen molar-refractivity contribution in [2.24, 2.45) is 4.99 Å². The molecule has 1 aromatic rings. The van der Waals surface area contributed by atoms with E-state index in [4.69, 9.17) is 11.6 Å². The molecule has 0 radical (unpaired) electrons. The molecular formula is C12H9ClF3N3O2S. The van der Waals surface area contributed by atoms with Gasteiger partial charge in [-0.15, -0.1) is 0 Å². The third-order valence-electron chi connectivity index (χ3n) is 2.73. The SMILES string of the molecule is CN1C(=O)CSC1=NC(=O)Nc1c(Cl)cccc1C(F)(F)F. The van der Waals surface area contributed by atoms with Crippen LogP contribution in [0.15, 0.2) is 23.2 Å². The van der Waals surface area contributed by atoms with Crippen LogP contribution in [0.4, 0.5) is 23.7 Å². The second-order valence-electron chi connectivity index (χ2n) is 4.23. The highest BCUT2D eigenvalue weighted by molar-refractivity contribution is 8.15. The molecule has 118 valence electrons. The Labute approximate surface area is 132 Å². The topological polar surface area (TPSA) is 61.8 Å². The van der Waals surface area contributed by atoms with Crippen molar-refractivity contribution >= 4 is 46.2 Å². The van der Waals surface area contributed by atoms with Crippen LogP contribution in [0.2, 0.25) is 5.02 Å². The summed E-state index contributed by atoms with van der Waals surface area (Å²) < 4.78 is 38.7. The molecule has 0 aromatic heterocycles. The number of para-hydroxylation sites is 1. The molecular weight excluding hydrogens is 343 g/mol. The number of nitrogens with one attached hydrogen (secondary N) is 1. The van der Waals surface area contributed by atoms with Crippen molar-refractivity contribution in [1.82, 2.24) is 4.90 Å². The summed E-state index contributed by atoms with van der Waals surface area (Å²) in [5, 5.41) is 1.87. The summed E-state index contributed by atoms with van der Waals surface area (Å²) in [7, 11) is 1.42. The van der Waals surface area contributed by atoms with Gasteiger partial charge < -0.3 is 5.32 Å². The molecule has 5 nitrogen and oxygen atoms in total. The number of nitrogens with zero attached hydrogens (tertiary/aromatic N) is 2. The molecule has 10 heteroatoms. The maximum absolute atomic E-state index is 12.9. The molecule has 1 fully saturated rings. The first-order valence-corrected chi connectivity index (χ1v) is 7.21. The number of anilines is 1. The molecule has 0 bridgehead atoms. The fraction of sp³-hybridized carbons (Fsp3) is 0.250. The second-order valence-corrected chi connectivity index (χ2v) is 5.58. The number of aliphatic imine (C=N–C) groups is 1. The highest BCUT2D eigenvalue weighted by Gasteiger charge is 2.35. The van der Waals surface area contributed by atoms with Gasteiger partial charge in [0.25, 0.3) is 0 Å². The van der Waals surface area contributed by atoms with Crippen molar-refractivity contribution in [3.63, 3.8) is 0 Å². The van der Waals surface area contributed by atoms with Gasteiger partial charge in [0.1, 0.15) is 0 Å². The number of urea groups is 1. The molecule has 1 N–H and O–H groups in total. The Bertz CT molecular complexity index is 664. The molecule has 1 aliphatic rings. The Morgan fingerprint density at radius 2 is 2.14 bits per heavy atom. The van der Waals surface area contributed by atoms with Crippen LogP contribution < -0.4 is 5.32 Å². The summed E-state index contributed by atoms with van der Waals surface area (Å²) in [6, 6.07) is 2.11. The smallest absolute Gasteiger partial charge is 0.304 e. The molecule has 2 rings (SSSR count). The zero-order valence-corrected chi connectivity index (χ0v) is 12.6. The van der Waals surface area contributed by atoms with Gasteiger partial charge in [-0.2, -0.15) is 18.2 Å². The molecule has 1 saturated heterocycles. The predicted octanol–water partition coefficient (Wildman–Crippen LogP) is 3.45. The van der Waals surface area contributed by atoms with Crippen molar-refractivity contribution < 1.29 is 22.8 Å². The third kappa shape index (κ3) is 3.53. The van der Waals surface area contributed by atoms with E-state index < -0.39 is 23.5 Å². The lowest BCUT2D eigenvalue weighted by Gasteiger charge is -2.14. The molecule has 0 saturated carbocycles. The van der Waals surface area contributed by atoms with Crippen molar-refractivity contribution in [2.45, 2.75) is 6.18 Å². The van der Waals surface area contributed by atoms with Gasteiger partial charge in [0.2, 0.25) is 5.91 Å². The first-order chi connectivity index (χ1) is 10.2. The third-order valence-corrected chi connectivity index (χ3v) is 4.06. The normalized spacial score (nSPS) is 17.2. The lowest BCUT2D eigenvalue weighted by Crippen LogP contribution is -2.26. The molecule has 0 spiro atoms. The largest absolute Gasteiger partial charge is 0.418 e. The lowest BCUT2D eigenvalue weighted by molar-refractivity contribution is -0.137. The van der Waals surface area contributed by atoms with Gasteiger partial charge in [0.15, 0.2) is 5.17 Å². The Balaban J connectivity index is 2.26. The number of thioether (sulfide) groups is 1. The van der Waals surface area contributed by atoms with E-state index in [-0.39, 0.29) is 21.9 Å². The summed E-state index contributed by atoms with van der Waals surface area (Å²) >= 11 is 6.74. The molecule has 1 aliphatic heterocycles. The highest BCUT2D eigenvalue weighted by atomic mass is 35.5. The van der Waals surface area contributed by atoms with Crippen LogP contribution in [0.1, 0.15) is 5.56 Å². The van der Waals surface area contributed by atoms with Crippen molar-refractivity contribution in [1.29, 1.82) is 0 Å². The average molecular weight is 352 g/mol. The van der Waals surface area contributed by atoms with E-state index in [0.717, 1.165) is 28.8 Å². The van der Waals surface area contributed by atoms with Gasteiger partial charge in [-0.05, 0) is 12.1 Å². The second kappa shape index (κ2) is 6.17. The number of amidine groups is 1. The monoisotopic (exact) mass is 351 g/mol. The van der Waals surface area contributed by atoms with Crippen molar-refractivity contribution in [3.05, 3.63) is 28.8 Å². The van der Waals surface area contributed by atoms with Gasteiger partial charge in [-0.1, -0.05) is 29.4 Å². The fourth-order valence-electron chi connectivity index (χ4n) is 1.64. The van der Waals surface area contributed by atoms with Gasteiger partial charge >= 0.3 is 12.2 Å². The number of carbonyl (C=O) groups excluding carboxylic acids is 2. The van der Waals surface area contributed by atoms with E-state index in [1.807, 2.05) is 5.32 Å². The number of rotatable bonds is 1. The Morgan fingerprint density at radius 3 is 2.68 bits per heavy atom. The zero-order chi connectivity index (χ0) is 16.5. The van der Waals surface area contributed by atoms with Gasteiger partial charge in [0, 0.05) is 7.05 Å². The standard InChI is InChI=1S/C12H9ClF3N3O2S/c1-19-8(20)5-22-11(19)18-10(21)17-9-6(12(14,15)16)3-2-4-7(9)13/h2-4H,5H2,1H3,(H,17,21). The van der Waals surface area contributed by atoms with E-state index >= 15 is 0 Å².